The average Bonchev–Trinajstić information content (AvgIpc) is 3.18. The molecule has 1 heterocycles. The van der Waals surface area contributed by atoms with Gasteiger partial charge in [0.05, 0.1) is 29.1 Å². The van der Waals surface area contributed by atoms with Crippen LogP contribution in [0.3, 0.4) is 0 Å². The molecule has 11 heteroatoms. The van der Waals surface area contributed by atoms with Gasteiger partial charge in [-0.1, -0.05) is 52.6 Å². The van der Waals surface area contributed by atoms with Crippen molar-refractivity contribution in [2.24, 2.45) is 10.7 Å². The molecular formula is C25H19Cl3N4O3S. The lowest BCUT2D eigenvalue weighted by atomic mass is 10.1. The van der Waals surface area contributed by atoms with Crippen molar-refractivity contribution in [3.05, 3.63) is 93.1 Å². The van der Waals surface area contributed by atoms with Gasteiger partial charge < -0.3 is 21.1 Å². The molecule has 3 aromatic carbocycles. The van der Waals surface area contributed by atoms with Crippen LogP contribution in [0, 0.1) is 0 Å². The van der Waals surface area contributed by atoms with Crippen LogP contribution < -0.4 is 21.1 Å². The van der Waals surface area contributed by atoms with E-state index >= 15 is 0 Å². The normalized spacial score (nSPS) is 16.2. The second-order valence-electron chi connectivity index (χ2n) is 7.52. The highest BCUT2D eigenvalue weighted by Gasteiger charge is 2.38. The third-order valence-electron chi connectivity index (χ3n) is 5.05. The summed E-state index contributed by atoms with van der Waals surface area (Å²) < 4.78 is 5.22. The van der Waals surface area contributed by atoms with E-state index in [9.17, 15) is 9.59 Å². The first-order chi connectivity index (χ1) is 17.2. The molecule has 0 bridgehead atoms. The van der Waals surface area contributed by atoms with E-state index < -0.39 is 17.1 Å². The van der Waals surface area contributed by atoms with Gasteiger partial charge in [-0.2, -0.15) is 0 Å². The van der Waals surface area contributed by atoms with E-state index in [0.717, 1.165) is 11.8 Å². The van der Waals surface area contributed by atoms with Crippen molar-refractivity contribution in [1.82, 2.24) is 0 Å². The molecular weight excluding hydrogens is 543 g/mol. The SMILES string of the molecule is COc1cccc(NC(=O)C2=C(N)C(C(=O)Nc3cc(Cl)ccc3Cl)SC2=Nc2ccc(Cl)cc2)c1. The number of ether oxygens (including phenoxy) is 1. The number of carbonyl (C=O) groups is 2. The Bertz CT molecular complexity index is 1390. The molecule has 184 valence electrons. The van der Waals surface area contributed by atoms with Gasteiger partial charge in [-0.3, -0.25) is 9.59 Å². The van der Waals surface area contributed by atoms with Crippen molar-refractivity contribution >= 4 is 80.5 Å². The third-order valence-corrected chi connectivity index (χ3v) is 7.09. The van der Waals surface area contributed by atoms with Gasteiger partial charge in [0.25, 0.3) is 5.91 Å². The highest BCUT2D eigenvalue weighted by Crippen LogP contribution is 2.37. The summed E-state index contributed by atoms with van der Waals surface area (Å²) >= 11 is 19.3. The predicted octanol–water partition coefficient (Wildman–Crippen LogP) is 6.29. The summed E-state index contributed by atoms with van der Waals surface area (Å²) in [6.07, 6.45) is 0. The molecule has 7 nitrogen and oxygen atoms in total. The quantitative estimate of drug-likeness (QED) is 0.328. The Kier molecular flexibility index (Phi) is 8.11. The van der Waals surface area contributed by atoms with Gasteiger partial charge in [0.15, 0.2) is 0 Å². The van der Waals surface area contributed by atoms with Gasteiger partial charge in [-0.05, 0) is 54.6 Å². The van der Waals surface area contributed by atoms with E-state index in [-0.39, 0.29) is 16.3 Å². The molecule has 1 aliphatic rings. The van der Waals surface area contributed by atoms with Crippen LogP contribution in [0.15, 0.2) is 83.0 Å². The fourth-order valence-electron chi connectivity index (χ4n) is 3.31. The van der Waals surface area contributed by atoms with Gasteiger partial charge >= 0.3 is 0 Å². The van der Waals surface area contributed by atoms with E-state index in [1.54, 1.807) is 60.7 Å². The number of nitrogens with one attached hydrogen (secondary N) is 2. The van der Waals surface area contributed by atoms with Crippen molar-refractivity contribution in [2.75, 3.05) is 17.7 Å². The largest absolute Gasteiger partial charge is 0.497 e. The van der Waals surface area contributed by atoms with E-state index in [1.807, 2.05) is 0 Å². The van der Waals surface area contributed by atoms with Crippen LogP contribution in [0.25, 0.3) is 0 Å². The smallest absolute Gasteiger partial charge is 0.260 e. The summed E-state index contributed by atoms with van der Waals surface area (Å²) in [5.74, 6) is -0.423. The number of rotatable bonds is 6. The molecule has 0 aliphatic carbocycles. The summed E-state index contributed by atoms with van der Waals surface area (Å²) in [7, 11) is 1.53. The number of amides is 2. The van der Waals surface area contributed by atoms with Crippen LogP contribution in [0.1, 0.15) is 0 Å². The van der Waals surface area contributed by atoms with E-state index in [1.165, 1.54) is 13.2 Å². The average molecular weight is 562 g/mol. The van der Waals surface area contributed by atoms with Crippen molar-refractivity contribution in [1.29, 1.82) is 0 Å². The molecule has 1 atom stereocenters. The number of halogens is 3. The van der Waals surface area contributed by atoms with E-state index in [0.29, 0.717) is 37.9 Å². The molecule has 0 fully saturated rings. The second kappa shape index (κ2) is 11.3. The number of aliphatic imine (C=N–C) groups is 1. The number of nitrogens with two attached hydrogens (primary N) is 1. The fourth-order valence-corrected chi connectivity index (χ4v) is 4.90. The maximum Gasteiger partial charge on any atom is 0.260 e. The van der Waals surface area contributed by atoms with Crippen LogP contribution >= 0.6 is 46.6 Å². The minimum absolute atomic E-state index is 0.0590. The zero-order valence-corrected chi connectivity index (χ0v) is 21.8. The Morgan fingerprint density at radius 3 is 2.42 bits per heavy atom. The lowest BCUT2D eigenvalue weighted by Gasteiger charge is -2.13. The van der Waals surface area contributed by atoms with Crippen LogP contribution in [0.4, 0.5) is 17.1 Å². The number of anilines is 2. The molecule has 1 aliphatic heterocycles. The number of carbonyl (C=O) groups excluding carboxylic acids is 2. The summed E-state index contributed by atoms with van der Waals surface area (Å²) in [6.45, 7) is 0. The molecule has 0 radical (unpaired) electrons. The van der Waals surface area contributed by atoms with Crippen LogP contribution in [-0.2, 0) is 9.59 Å². The maximum absolute atomic E-state index is 13.3. The van der Waals surface area contributed by atoms with Gasteiger partial charge in [0.2, 0.25) is 5.91 Å². The molecule has 4 rings (SSSR count). The first-order valence-corrected chi connectivity index (χ1v) is 12.5. The molecule has 0 spiro atoms. The third kappa shape index (κ3) is 5.96. The lowest BCUT2D eigenvalue weighted by Crippen LogP contribution is -2.29. The zero-order valence-electron chi connectivity index (χ0n) is 18.7. The van der Waals surface area contributed by atoms with Gasteiger partial charge in [0.1, 0.15) is 16.0 Å². The van der Waals surface area contributed by atoms with Crippen LogP contribution in [0.2, 0.25) is 15.1 Å². The topological polar surface area (TPSA) is 106 Å². The Hall–Kier alpha value is -3.17. The number of hydrogen-bond acceptors (Lipinski definition) is 6. The van der Waals surface area contributed by atoms with E-state index in [2.05, 4.69) is 15.6 Å². The maximum atomic E-state index is 13.3. The molecule has 0 saturated carbocycles. The lowest BCUT2D eigenvalue weighted by molar-refractivity contribution is -0.115. The fraction of sp³-hybridized carbons (Fsp3) is 0.0800. The Morgan fingerprint density at radius 1 is 0.972 bits per heavy atom. The minimum Gasteiger partial charge on any atom is -0.497 e. The zero-order chi connectivity index (χ0) is 25.8. The van der Waals surface area contributed by atoms with Crippen molar-refractivity contribution < 1.29 is 14.3 Å². The summed E-state index contributed by atoms with van der Waals surface area (Å²) in [4.78, 5) is 31.1. The molecule has 0 saturated heterocycles. The number of methoxy groups -OCH3 is 1. The molecule has 1 unspecified atom stereocenters. The van der Waals surface area contributed by atoms with Crippen molar-refractivity contribution in [3.8, 4) is 5.75 Å². The Morgan fingerprint density at radius 2 is 1.69 bits per heavy atom. The van der Waals surface area contributed by atoms with Crippen LogP contribution in [-0.4, -0.2) is 29.2 Å². The molecule has 2 amide bonds. The molecule has 0 aromatic heterocycles. The number of nitrogens with zero attached hydrogens (tertiary/aromatic N) is 1. The summed E-state index contributed by atoms with van der Waals surface area (Å²) in [6, 6.07) is 18.3. The monoisotopic (exact) mass is 560 g/mol. The Balaban J connectivity index is 1.67. The highest BCUT2D eigenvalue weighted by molar-refractivity contribution is 8.16. The molecule has 4 N–H and O–H groups in total. The van der Waals surface area contributed by atoms with Crippen molar-refractivity contribution in [2.45, 2.75) is 5.25 Å². The van der Waals surface area contributed by atoms with E-state index in [4.69, 9.17) is 45.3 Å². The van der Waals surface area contributed by atoms with Gasteiger partial charge in [-0.25, -0.2) is 4.99 Å². The molecule has 3 aromatic rings. The Labute approximate surface area is 226 Å². The van der Waals surface area contributed by atoms with Gasteiger partial charge in [0, 0.05) is 27.5 Å². The molecule has 36 heavy (non-hydrogen) atoms. The predicted molar refractivity (Wildman–Crippen MR) is 148 cm³/mol. The van der Waals surface area contributed by atoms with Crippen LogP contribution in [0.5, 0.6) is 5.75 Å². The summed E-state index contributed by atoms with van der Waals surface area (Å²) in [5, 5.41) is 6.13. The van der Waals surface area contributed by atoms with Crippen molar-refractivity contribution in [3.63, 3.8) is 0 Å². The number of hydrogen-bond donors (Lipinski definition) is 3. The number of thioether (sulfide) groups is 1. The summed E-state index contributed by atoms with van der Waals surface area (Å²) in [5.41, 5.74) is 7.89. The first-order valence-electron chi connectivity index (χ1n) is 10.5. The standard InChI is InChI=1S/C25H19Cl3N4O3S/c1-35-17-4-2-3-16(12-17)30-23(33)20-21(29)22(24(34)32-19-11-14(27)7-10-18(19)28)36-25(20)31-15-8-5-13(26)6-9-15/h2-12,22H,29H2,1H3,(H,30,33)(H,32,34). The second-order valence-corrected chi connectivity index (χ2v) is 9.89. The number of benzene rings is 3. The highest BCUT2D eigenvalue weighted by atomic mass is 35.5. The minimum atomic E-state index is -0.933. The van der Waals surface area contributed by atoms with Gasteiger partial charge in [-0.15, -0.1) is 0 Å². The first kappa shape index (κ1) is 25.9.